The minimum absolute atomic E-state index is 0.0697. The first-order chi connectivity index (χ1) is 11.5. The van der Waals surface area contributed by atoms with Crippen LogP contribution in [0.1, 0.15) is 37.6 Å². The van der Waals surface area contributed by atoms with Crippen molar-refractivity contribution in [2.75, 3.05) is 26.8 Å². The van der Waals surface area contributed by atoms with Crippen LogP contribution in [-0.4, -0.2) is 55.8 Å². The van der Waals surface area contributed by atoms with Crippen LogP contribution in [0.2, 0.25) is 0 Å². The summed E-state index contributed by atoms with van der Waals surface area (Å²) >= 11 is 0. The Kier molecular flexibility index (Phi) is 6.61. The number of amidine groups is 1. The Balaban J connectivity index is 2.18. The third-order valence-corrected chi connectivity index (χ3v) is 3.66. The van der Waals surface area contributed by atoms with E-state index in [1.54, 1.807) is 31.4 Å². The lowest BCUT2D eigenvalue weighted by molar-refractivity contribution is -0.0540. The Morgan fingerprint density at radius 3 is 2.42 bits per heavy atom. The van der Waals surface area contributed by atoms with Crippen LogP contribution in [0.25, 0.3) is 0 Å². The van der Waals surface area contributed by atoms with Gasteiger partial charge in [-0.2, -0.15) is 4.99 Å². The van der Waals surface area contributed by atoms with Crippen molar-refractivity contribution in [1.82, 2.24) is 4.90 Å². The number of carbonyl (C=O) groups excluding carboxylic acids is 1. The van der Waals surface area contributed by atoms with Crippen molar-refractivity contribution >= 4 is 11.9 Å². The van der Waals surface area contributed by atoms with Gasteiger partial charge in [0.25, 0.3) is 11.9 Å². The van der Waals surface area contributed by atoms with Crippen LogP contribution in [0.3, 0.4) is 0 Å². The van der Waals surface area contributed by atoms with E-state index in [0.717, 1.165) is 6.42 Å². The van der Waals surface area contributed by atoms with Gasteiger partial charge in [-0.3, -0.25) is 4.79 Å². The van der Waals surface area contributed by atoms with E-state index < -0.39 is 0 Å². The van der Waals surface area contributed by atoms with E-state index in [1.165, 1.54) is 0 Å². The van der Waals surface area contributed by atoms with E-state index >= 15 is 0 Å². The molecule has 0 bridgehead atoms. The number of ether oxygens (including phenoxy) is 3. The normalized spacial score (nSPS) is 21.5. The summed E-state index contributed by atoms with van der Waals surface area (Å²) in [6.07, 6.45) is 0.992. The first-order valence-electron chi connectivity index (χ1n) is 8.33. The minimum Gasteiger partial charge on any atom is -0.497 e. The first kappa shape index (κ1) is 18.3. The average molecular weight is 334 g/mol. The SMILES string of the molecule is CCCOC(=NC(=O)c1ccc(OC)cc1)N1CC(C)OC(C)C1. The van der Waals surface area contributed by atoms with Gasteiger partial charge in [-0.25, -0.2) is 0 Å². The van der Waals surface area contributed by atoms with Gasteiger partial charge in [0.1, 0.15) is 5.75 Å². The van der Waals surface area contributed by atoms with Gasteiger partial charge in [-0.1, -0.05) is 6.92 Å². The summed E-state index contributed by atoms with van der Waals surface area (Å²) < 4.78 is 16.6. The van der Waals surface area contributed by atoms with Gasteiger partial charge >= 0.3 is 0 Å². The molecular formula is C18H26N2O4. The highest BCUT2D eigenvalue weighted by Crippen LogP contribution is 2.15. The van der Waals surface area contributed by atoms with Crippen molar-refractivity contribution in [2.45, 2.75) is 39.4 Å². The standard InChI is InChI=1S/C18H26N2O4/c1-5-10-23-18(20-11-13(2)24-14(3)12-20)19-17(21)15-6-8-16(22-4)9-7-15/h6-9,13-14H,5,10-12H2,1-4H3. The molecule has 1 fully saturated rings. The summed E-state index contributed by atoms with van der Waals surface area (Å²) in [6, 6.07) is 7.27. The smallest absolute Gasteiger partial charge is 0.295 e. The van der Waals surface area contributed by atoms with Gasteiger partial charge in [0, 0.05) is 18.7 Å². The number of nitrogens with zero attached hydrogens (tertiary/aromatic N) is 2. The minimum atomic E-state index is -0.324. The lowest BCUT2D eigenvalue weighted by atomic mass is 10.2. The number of benzene rings is 1. The Bertz CT molecular complexity index is 561. The summed E-state index contributed by atoms with van der Waals surface area (Å²) in [6.45, 7) is 7.87. The van der Waals surface area contributed by atoms with Crippen molar-refractivity contribution in [1.29, 1.82) is 0 Å². The molecule has 2 rings (SSSR count). The lowest BCUT2D eigenvalue weighted by Gasteiger charge is -2.36. The predicted molar refractivity (Wildman–Crippen MR) is 92.6 cm³/mol. The number of rotatable bonds is 4. The highest BCUT2D eigenvalue weighted by molar-refractivity contribution is 6.01. The number of amides is 1. The second-order valence-electron chi connectivity index (χ2n) is 5.94. The second kappa shape index (κ2) is 8.68. The number of morpholine rings is 1. The molecular weight excluding hydrogens is 308 g/mol. The van der Waals surface area contributed by atoms with E-state index in [-0.39, 0.29) is 18.1 Å². The maximum atomic E-state index is 12.5. The zero-order chi connectivity index (χ0) is 17.5. The van der Waals surface area contributed by atoms with Crippen molar-refractivity contribution in [2.24, 2.45) is 4.99 Å². The zero-order valence-corrected chi connectivity index (χ0v) is 14.8. The Morgan fingerprint density at radius 1 is 1.25 bits per heavy atom. The Labute approximate surface area is 143 Å². The molecule has 1 saturated heterocycles. The van der Waals surface area contributed by atoms with Crippen LogP contribution in [0, 0.1) is 0 Å². The van der Waals surface area contributed by atoms with E-state index in [0.29, 0.717) is 37.0 Å². The van der Waals surface area contributed by atoms with Gasteiger partial charge < -0.3 is 19.1 Å². The van der Waals surface area contributed by atoms with Crippen LogP contribution in [0.4, 0.5) is 0 Å². The summed E-state index contributed by atoms with van der Waals surface area (Å²) in [5.41, 5.74) is 0.503. The summed E-state index contributed by atoms with van der Waals surface area (Å²) in [5.74, 6) is 0.379. The molecule has 0 spiro atoms. The third kappa shape index (κ3) is 4.96. The van der Waals surface area contributed by atoms with Crippen molar-refractivity contribution < 1.29 is 19.0 Å². The monoisotopic (exact) mass is 334 g/mol. The van der Waals surface area contributed by atoms with Crippen LogP contribution >= 0.6 is 0 Å². The maximum absolute atomic E-state index is 12.5. The molecule has 132 valence electrons. The van der Waals surface area contributed by atoms with Gasteiger partial charge in [0.2, 0.25) is 0 Å². The Morgan fingerprint density at radius 2 is 1.88 bits per heavy atom. The molecule has 1 aliphatic rings. The molecule has 1 heterocycles. The van der Waals surface area contributed by atoms with E-state index in [1.807, 2.05) is 25.7 Å². The molecule has 24 heavy (non-hydrogen) atoms. The summed E-state index contributed by atoms with van der Waals surface area (Å²) in [7, 11) is 1.59. The Hall–Kier alpha value is -2.08. The van der Waals surface area contributed by atoms with E-state index in [2.05, 4.69) is 4.99 Å². The molecule has 1 aromatic rings. The van der Waals surface area contributed by atoms with Crippen LogP contribution in [0.15, 0.2) is 29.3 Å². The third-order valence-electron chi connectivity index (χ3n) is 3.66. The average Bonchev–Trinajstić information content (AvgIpc) is 2.57. The van der Waals surface area contributed by atoms with Gasteiger partial charge in [-0.15, -0.1) is 0 Å². The molecule has 0 saturated carbocycles. The van der Waals surface area contributed by atoms with Crippen molar-refractivity contribution in [3.05, 3.63) is 29.8 Å². The van der Waals surface area contributed by atoms with Crippen LogP contribution < -0.4 is 4.74 Å². The highest BCUT2D eigenvalue weighted by Gasteiger charge is 2.26. The number of methoxy groups -OCH3 is 1. The van der Waals surface area contributed by atoms with Gasteiger partial charge in [0.15, 0.2) is 0 Å². The molecule has 1 amide bonds. The fraction of sp³-hybridized carbons (Fsp3) is 0.556. The first-order valence-corrected chi connectivity index (χ1v) is 8.33. The van der Waals surface area contributed by atoms with Crippen molar-refractivity contribution in [3.8, 4) is 5.75 Å². The fourth-order valence-corrected chi connectivity index (χ4v) is 2.61. The van der Waals surface area contributed by atoms with Crippen LogP contribution in [0.5, 0.6) is 5.75 Å². The molecule has 0 N–H and O–H groups in total. The number of carbonyl (C=O) groups is 1. The number of aliphatic imine (C=N–C) groups is 1. The largest absolute Gasteiger partial charge is 0.497 e. The van der Waals surface area contributed by atoms with Gasteiger partial charge in [0.05, 0.1) is 25.9 Å². The van der Waals surface area contributed by atoms with Crippen molar-refractivity contribution in [3.63, 3.8) is 0 Å². The molecule has 1 aromatic carbocycles. The van der Waals surface area contributed by atoms with E-state index in [4.69, 9.17) is 14.2 Å². The van der Waals surface area contributed by atoms with Gasteiger partial charge in [-0.05, 0) is 44.5 Å². The lowest BCUT2D eigenvalue weighted by Crippen LogP contribution is -2.49. The molecule has 0 aliphatic carbocycles. The highest BCUT2D eigenvalue weighted by atomic mass is 16.5. The topological polar surface area (TPSA) is 60.4 Å². The number of hydrogen-bond acceptors (Lipinski definition) is 4. The second-order valence-corrected chi connectivity index (χ2v) is 5.94. The quantitative estimate of drug-likeness (QED) is 0.626. The fourth-order valence-electron chi connectivity index (χ4n) is 2.61. The number of hydrogen-bond donors (Lipinski definition) is 0. The summed E-state index contributed by atoms with van der Waals surface area (Å²) in [5, 5.41) is 0. The molecule has 2 unspecified atom stereocenters. The molecule has 6 nitrogen and oxygen atoms in total. The molecule has 6 heteroatoms. The predicted octanol–water partition coefficient (Wildman–Crippen LogP) is 2.73. The zero-order valence-electron chi connectivity index (χ0n) is 14.8. The summed E-state index contributed by atoms with van der Waals surface area (Å²) in [4.78, 5) is 18.7. The molecule has 0 radical (unpaired) electrons. The molecule has 1 aliphatic heterocycles. The van der Waals surface area contributed by atoms with Crippen LogP contribution in [-0.2, 0) is 9.47 Å². The maximum Gasteiger partial charge on any atom is 0.295 e. The van der Waals surface area contributed by atoms with E-state index in [9.17, 15) is 4.79 Å². The molecule has 0 aromatic heterocycles. The molecule has 2 atom stereocenters.